The van der Waals surface area contributed by atoms with Crippen molar-refractivity contribution in [1.82, 2.24) is 15.5 Å². The molecule has 0 bridgehead atoms. The molecule has 2 saturated heterocycles. The highest BCUT2D eigenvalue weighted by atomic mass is 16.5. The Labute approximate surface area is 94.6 Å². The molecule has 0 amide bonds. The first kappa shape index (κ1) is 10.2. The van der Waals surface area contributed by atoms with E-state index in [0.29, 0.717) is 5.92 Å². The van der Waals surface area contributed by atoms with Gasteiger partial charge in [-0.3, -0.25) is 0 Å². The van der Waals surface area contributed by atoms with E-state index in [0.717, 1.165) is 44.3 Å². The summed E-state index contributed by atoms with van der Waals surface area (Å²) in [5.41, 5.74) is -0.120. The average molecular weight is 223 g/mol. The predicted molar refractivity (Wildman–Crippen MR) is 57.1 cm³/mol. The van der Waals surface area contributed by atoms with Gasteiger partial charge in [0.2, 0.25) is 5.89 Å². The van der Waals surface area contributed by atoms with Crippen LogP contribution in [0.1, 0.15) is 43.8 Å². The van der Waals surface area contributed by atoms with Gasteiger partial charge in [-0.25, -0.2) is 0 Å². The van der Waals surface area contributed by atoms with Crippen LogP contribution in [0.3, 0.4) is 0 Å². The van der Waals surface area contributed by atoms with Gasteiger partial charge in [0.25, 0.3) is 0 Å². The average Bonchev–Trinajstić information content (AvgIpc) is 2.98. The minimum absolute atomic E-state index is 0.120. The van der Waals surface area contributed by atoms with Gasteiger partial charge in [0, 0.05) is 12.5 Å². The SMILES string of the molecule is CC1(c2nc(C3CCOC3)no2)CCCN1. The lowest BCUT2D eigenvalue weighted by molar-refractivity contribution is 0.192. The zero-order valence-electron chi connectivity index (χ0n) is 9.53. The number of hydrogen-bond acceptors (Lipinski definition) is 5. The largest absolute Gasteiger partial charge is 0.381 e. The van der Waals surface area contributed by atoms with Crippen molar-refractivity contribution in [3.8, 4) is 0 Å². The van der Waals surface area contributed by atoms with E-state index in [-0.39, 0.29) is 5.54 Å². The summed E-state index contributed by atoms with van der Waals surface area (Å²) in [6, 6.07) is 0. The second-order valence-corrected chi connectivity index (χ2v) is 4.88. The van der Waals surface area contributed by atoms with Crippen molar-refractivity contribution in [1.29, 1.82) is 0 Å². The number of rotatable bonds is 2. The molecule has 3 rings (SSSR count). The van der Waals surface area contributed by atoms with Crippen molar-refractivity contribution >= 4 is 0 Å². The summed E-state index contributed by atoms with van der Waals surface area (Å²) in [7, 11) is 0. The van der Waals surface area contributed by atoms with Crippen LogP contribution in [0.5, 0.6) is 0 Å². The maximum Gasteiger partial charge on any atom is 0.246 e. The maximum absolute atomic E-state index is 5.38. The van der Waals surface area contributed by atoms with Crippen LogP contribution in [0.15, 0.2) is 4.52 Å². The van der Waals surface area contributed by atoms with E-state index in [9.17, 15) is 0 Å². The molecule has 16 heavy (non-hydrogen) atoms. The van der Waals surface area contributed by atoms with E-state index < -0.39 is 0 Å². The lowest BCUT2D eigenvalue weighted by Crippen LogP contribution is -2.33. The van der Waals surface area contributed by atoms with Gasteiger partial charge in [-0.15, -0.1) is 0 Å². The van der Waals surface area contributed by atoms with E-state index in [1.165, 1.54) is 6.42 Å². The van der Waals surface area contributed by atoms with E-state index in [1.54, 1.807) is 0 Å². The molecule has 1 aromatic rings. The Balaban J connectivity index is 1.81. The molecule has 2 aliphatic rings. The van der Waals surface area contributed by atoms with Gasteiger partial charge in [0.05, 0.1) is 12.1 Å². The summed E-state index contributed by atoms with van der Waals surface area (Å²) in [4.78, 5) is 4.53. The van der Waals surface area contributed by atoms with Gasteiger partial charge in [0.15, 0.2) is 5.82 Å². The quantitative estimate of drug-likeness (QED) is 0.815. The standard InChI is InChI=1S/C11H17N3O2/c1-11(4-2-5-12-11)10-13-9(14-16-10)8-3-6-15-7-8/h8,12H,2-7H2,1H3. The Kier molecular flexibility index (Phi) is 2.44. The molecule has 1 aromatic heterocycles. The van der Waals surface area contributed by atoms with Gasteiger partial charge in [-0.05, 0) is 32.7 Å². The number of aromatic nitrogens is 2. The molecular weight excluding hydrogens is 206 g/mol. The van der Waals surface area contributed by atoms with E-state index in [1.807, 2.05) is 0 Å². The Morgan fingerprint density at radius 1 is 1.50 bits per heavy atom. The van der Waals surface area contributed by atoms with Crippen molar-refractivity contribution in [3.05, 3.63) is 11.7 Å². The number of ether oxygens (including phenoxy) is 1. The zero-order valence-corrected chi connectivity index (χ0v) is 9.53. The first-order valence-corrected chi connectivity index (χ1v) is 5.95. The Bertz CT molecular complexity index is 365. The van der Waals surface area contributed by atoms with Gasteiger partial charge < -0.3 is 14.6 Å². The molecule has 5 heteroatoms. The minimum atomic E-state index is -0.120. The lowest BCUT2D eigenvalue weighted by Gasteiger charge is -2.18. The number of nitrogens with zero attached hydrogens (tertiary/aromatic N) is 2. The fraction of sp³-hybridized carbons (Fsp3) is 0.818. The van der Waals surface area contributed by atoms with Gasteiger partial charge >= 0.3 is 0 Å². The Morgan fingerprint density at radius 3 is 3.12 bits per heavy atom. The van der Waals surface area contributed by atoms with Crippen molar-refractivity contribution < 1.29 is 9.26 Å². The molecule has 2 fully saturated rings. The van der Waals surface area contributed by atoms with E-state index in [4.69, 9.17) is 9.26 Å². The van der Waals surface area contributed by atoms with Crippen LogP contribution in [-0.4, -0.2) is 29.9 Å². The third kappa shape index (κ3) is 1.64. The predicted octanol–water partition coefficient (Wildman–Crippen LogP) is 1.17. The van der Waals surface area contributed by atoms with Crippen LogP contribution in [0.4, 0.5) is 0 Å². The molecule has 0 spiro atoms. The maximum atomic E-state index is 5.38. The highest BCUT2D eigenvalue weighted by Gasteiger charge is 2.36. The summed E-state index contributed by atoms with van der Waals surface area (Å²) in [5, 5.41) is 7.51. The molecule has 5 nitrogen and oxygen atoms in total. The Morgan fingerprint density at radius 2 is 2.44 bits per heavy atom. The molecule has 0 aliphatic carbocycles. The third-order valence-corrected chi connectivity index (χ3v) is 3.58. The second kappa shape index (κ2) is 3.82. The molecule has 2 atom stereocenters. The topological polar surface area (TPSA) is 60.2 Å². The smallest absolute Gasteiger partial charge is 0.246 e. The molecule has 0 aromatic carbocycles. The van der Waals surface area contributed by atoms with Crippen LogP contribution < -0.4 is 5.32 Å². The van der Waals surface area contributed by atoms with Gasteiger partial charge in [-0.2, -0.15) is 4.98 Å². The molecular formula is C11H17N3O2. The number of hydrogen-bond donors (Lipinski definition) is 1. The van der Waals surface area contributed by atoms with E-state index >= 15 is 0 Å². The minimum Gasteiger partial charge on any atom is -0.381 e. The zero-order chi connectivity index (χ0) is 11.0. The monoisotopic (exact) mass is 223 g/mol. The van der Waals surface area contributed by atoms with Crippen molar-refractivity contribution in [2.24, 2.45) is 0 Å². The molecule has 0 saturated carbocycles. The Hall–Kier alpha value is -0.940. The van der Waals surface area contributed by atoms with Crippen LogP contribution in [0.25, 0.3) is 0 Å². The van der Waals surface area contributed by atoms with Crippen LogP contribution >= 0.6 is 0 Å². The summed E-state index contributed by atoms with van der Waals surface area (Å²) in [6.07, 6.45) is 3.24. The summed E-state index contributed by atoms with van der Waals surface area (Å²) in [6.45, 7) is 4.69. The molecule has 3 heterocycles. The van der Waals surface area contributed by atoms with Gasteiger partial charge in [0.1, 0.15) is 0 Å². The van der Waals surface area contributed by atoms with Crippen molar-refractivity contribution in [3.63, 3.8) is 0 Å². The summed E-state index contributed by atoms with van der Waals surface area (Å²) < 4.78 is 10.7. The fourth-order valence-electron chi connectivity index (χ4n) is 2.44. The fourth-order valence-corrected chi connectivity index (χ4v) is 2.44. The molecule has 88 valence electrons. The first-order chi connectivity index (χ1) is 7.78. The molecule has 0 radical (unpaired) electrons. The van der Waals surface area contributed by atoms with Crippen LogP contribution in [0.2, 0.25) is 0 Å². The highest BCUT2D eigenvalue weighted by molar-refractivity contribution is 5.07. The van der Waals surface area contributed by atoms with Crippen molar-refractivity contribution in [2.75, 3.05) is 19.8 Å². The normalized spacial score (nSPS) is 34.7. The molecule has 2 aliphatic heterocycles. The highest BCUT2D eigenvalue weighted by Crippen LogP contribution is 2.31. The summed E-state index contributed by atoms with van der Waals surface area (Å²) in [5.74, 6) is 1.86. The van der Waals surface area contributed by atoms with E-state index in [2.05, 4.69) is 22.4 Å². The van der Waals surface area contributed by atoms with Crippen LogP contribution in [-0.2, 0) is 10.3 Å². The van der Waals surface area contributed by atoms with Gasteiger partial charge in [-0.1, -0.05) is 5.16 Å². The third-order valence-electron chi connectivity index (χ3n) is 3.58. The lowest BCUT2D eigenvalue weighted by atomic mass is 10.0. The summed E-state index contributed by atoms with van der Waals surface area (Å²) >= 11 is 0. The first-order valence-electron chi connectivity index (χ1n) is 5.95. The number of nitrogens with one attached hydrogen (secondary N) is 1. The second-order valence-electron chi connectivity index (χ2n) is 4.88. The molecule has 2 unspecified atom stereocenters. The van der Waals surface area contributed by atoms with Crippen LogP contribution in [0, 0.1) is 0 Å². The molecule has 1 N–H and O–H groups in total. The van der Waals surface area contributed by atoms with Crippen molar-refractivity contribution in [2.45, 2.75) is 37.6 Å².